The van der Waals surface area contributed by atoms with E-state index in [1.54, 1.807) is 11.8 Å². The Kier molecular flexibility index (Phi) is 5.85. The quantitative estimate of drug-likeness (QED) is 0.375. The lowest BCUT2D eigenvalue weighted by Crippen LogP contribution is -2.22. The second-order valence-corrected chi connectivity index (χ2v) is 8.64. The van der Waals surface area contributed by atoms with E-state index in [9.17, 15) is 0 Å². The Bertz CT molecular complexity index is 1140. The van der Waals surface area contributed by atoms with Crippen LogP contribution in [0.4, 0.5) is 0 Å². The highest BCUT2D eigenvalue weighted by atomic mass is 32.2. The van der Waals surface area contributed by atoms with Crippen LogP contribution in [-0.4, -0.2) is 5.17 Å². The molecule has 0 unspecified atom stereocenters. The lowest BCUT2D eigenvalue weighted by atomic mass is 9.95. The molecule has 1 heterocycles. The molecule has 1 aliphatic heterocycles. The van der Waals surface area contributed by atoms with Crippen LogP contribution in [0.1, 0.15) is 28.8 Å². The molecule has 1 N–H and O–H groups in total. The molecule has 2 nitrogen and oxygen atoms in total. The molecule has 4 aromatic rings. The summed E-state index contributed by atoms with van der Waals surface area (Å²) in [5.74, 6) is 0.893. The maximum absolute atomic E-state index is 5.06. The Morgan fingerprint density at radius 1 is 0.613 bits per heavy atom. The summed E-state index contributed by atoms with van der Waals surface area (Å²) >= 11 is 1.77. The zero-order chi connectivity index (χ0) is 20.9. The van der Waals surface area contributed by atoms with Gasteiger partial charge in [-0.3, -0.25) is 4.99 Å². The van der Waals surface area contributed by atoms with Gasteiger partial charge in [0, 0.05) is 5.75 Å². The van der Waals surface area contributed by atoms with Crippen molar-refractivity contribution in [3.8, 4) is 11.1 Å². The van der Waals surface area contributed by atoms with Crippen molar-refractivity contribution in [1.29, 1.82) is 0 Å². The van der Waals surface area contributed by atoms with Gasteiger partial charge in [-0.1, -0.05) is 127 Å². The molecule has 0 saturated carbocycles. The summed E-state index contributed by atoms with van der Waals surface area (Å²) in [4.78, 5) is 5.06. The third-order valence-electron chi connectivity index (χ3n) is 5.59. The van der Waals surface area contributed by atoms with Crippen molar-refractivity contribution in [2.45, 2.75) is 17.8 Å². The van der Waals surface area contributed by atoms with Crippen LogP contribution in [-0.2, 0) is 5.75 Å². The summed E-state index contributed by atoms with van der Waals surface area (Å²) in [7, 11) is 0. The summed E-state index contributed by atoms with van der Waals surface area (Å²) in [5, 5.41) is 4.69. The first-order chi connectivity index (χ1) is 15.4. The summed E-state index contributed by atoms with van der Waals surface area (Å²) in [6.07, 6.45) is 0. The van der Waals surface area contributed by atoms with Gasteiger partial charge in [-0.25, -0.2) is 0 Å². The summed E-state index contributed by atoms with van der Waals surface area (Å²) in [6, 6.07) is 40.8. The van der Waals surface area contributed by atoms with Gasteiger partial charge in [-0.05, 0) is 27.8 Å². The number of nitrogens with zero attached hydrogens (tertiary/aromatic N) is 1. The fourth-order valence-corrected chi connectivity index (χ4v) is 4.84. The fourth-order valence-electron chi connectivity index (χ4n) is 3.95. The monoisotopic (exact) mass is 420 g/mol. The number of thioether (sulfide) groups is 1. The van der Waals surface area contributed by atoms with E-state index in [2.05, 4.69) is 121 Å². The minimum absolute atomic E-state index is 0.0894. The predicted molar refractivity (Wildman–Crippen MR) is 132 cm³/mol. The Hall–Kier alpha value is -3.30. The Morgan fingerprint density at radius 2 is 1.16 bits per heavy atom. The number of hydrogen-bond donors (Lipinski definition) is 1. The van der Waals surface area contributed by atoms with Gasteiger partial charge < -0.3 is 5.32 Å². The first kappa shape index (κ1) is 19.7. The molecule has 4 aromatic carbocycles. The maximum Gasteiger partial charge on any atom is 0.158 e. The normalized spacial score (nSPS) is 17.7. The predicted octanol–water partition coefficient (Wildman–Crippen LogP) is 7.03. The Balaban J connectivity index is 1.31. The standard InChI is InChI=1S/C28H24N2S/c1-4-10-22(11-5-1)23-18-16-21(17-19-23)20-31-28-29-26(24-12-6-2-7-13-24)27(30-28)25-14-8-3-9-15-25/h1-19,26-27H,20H2,(H,29,30)/t26-,27+. The van der Waals surface area contributed by atoms with Gasteiger partial charge in [-0.2, -0.15) is 0 Å². The van der Waals surface area contributed by atoms with Crippen LogP contribution in [0.5, 0.6) is 0 Å². The molecule has 3 heteroatoms. The molecule has 152 valence electrons. The Morgan fingerprint density at radius 3 is 1.81 bits per heavy atom. The van der Waals surface area contributed by atoms with Gasteiger partial charge in [0.1, 0.15) is 6.04 Å². The van der Waals surface area contributed by atoms with Crippen LogP contribution < -0.4 is 5.32 Å². The topological polar surface area (TPSA) is 24.4 Å². The van der Waals surface area contributed by atoms with E-state index in [1.807, 2.05) is 0 Å². The van der Waals surface area contributed by atoms with E-state index in [4.69, 9.17) is 4.99 Å². The largest absolute Gasteiger partial charge is 0.356 e. The van der Waals surface area contributed by atoms with Crippen LogP contribution in [0.3, 0.4) is 0 Å². The smallest absolute Gasteiger partial charge is 0.158 e. The zero-order valence-corrected chi connectivity index (χ0v) is 18.0. The Labute approximate surface area is 188 Å². The molecule has 0 aliphatic carbocycles. The van der Waals surface area contributed by atoms with Crippen molar-refractivity contribution in [2.75, 3.05) is 0 Å². The molecule has 31 heavy (non-hydrogen) atoms. The molecule has 0 aromatic heterocycles. The van der Waals surface area contributed by atoms with Crippen molar-refractivity contribution in [3.63, 3.8) is 0 Å². The van der Waals surface area contributed by atoms with Crippen molar-refractivity contribution < 1.29 is 0 Å². The minimum atomic E-state index is 0.0894. The second kappa shape index (κ2) is 9.23. The molecule has 0 radical (unpaired) electrons. The molecule has 0 saturated heterocycles. The molecule has 0 amide bonds. The van der Waals surface area contributed by atoms with Crippen molar-refractivity contribution in [1.82, 2.24) is 5.32 Å². The lowest BCUT2D eigenvalue weighted by Gasteiger charge is -2.19. The minimum Gasteiger partial charge on any atom is -0.356 e. The van der Waals surface area contributed by atoms with Gasteiger partial charge in [0.15, 0.2) is 5.17 Å². The van der Waals surface area contributed by atoms with Crippen molar-refractivity contribution in [2.24, 2.45) is 4.99 Å². The first-order valence-electron chi connectivity index (χ1n) is 10.6. The molecule has 0 spiro atoms. The lowest BCUT2D eigenvalue weighted by molar-refractivity contribution is 0.573. The van der Waals surface area contributed by atoms with Crippen LogP contribution in [0, 0.1) is 0 Å². The van der Waals surface area contributed by atoms with Crippen molar-refractivity contribution in [3.05, 3.63) is 132 Å². The molecular weight excluding hydrogens is 396 g/mol. The SMILES string of the molecule is c1ccc(-c2ccc(CSC3=N[C@H](c4ccccc4)[C@H](c4ccccc4)N3)cc2)cc1. The fraction of sp³-hybridized carbons (Fsp3) is 0.107. The number of benzene rings is 4. The van der Waals surface area contributed by atoms with Gasteiger partial charge in [0.05, 0.1) is 6.04 Å². The van der Waals surface area contributed by atoms with Crippen LogP contribution in [0.2, 0.25) is 0 Å². The van der Waals surface area contributed by atoms with E-state index in [1.165, 1.54) is 27.8 Å². The number of aliphatic imine (C=N–C) groups is 1. The van der Waals surface area contributed by atoms with E-state index in [0.29, 0.717) is 0 Å². The first-order valence-corrected chi connectivity index (χ1v) is 11.6. The van der Waals surface area contributed by atoms with Gasteiger partial charge in [0.2, 0.25) is 0 Å². The average molecular weight is 421 g/mol. The van der Waals surface area contributed by atoms with Crippen LogP contribution >= 0.6 is 11.8 Å². The van der Waals surface area contributed by atoms with E-state index in [0.717, 1.165) is 10.9 Å². The maximum atomic E-state index is 5.06. The third kappa shape index (κ3) is 4.57. The highest BCUT2D eigenvalue weighted by Crippen LogP contribution is 2.38. The number of nitrogens with one attached hydrogen (secondary N) is 1. The zero-order valence-electron chi connectivity index (χ0n) is 17.2. The van der Waals surface area contributed by atoms with E-state index < -0.39 is 0 Å². The number of amidine groups is 1. The number of rotatable bonds is 5. The summed E-state index contributed by atoms with van der Waals surface area (Å²) in [5.41, 5.74) is 6.31. The van der Waals surface area contributed by atoms with Gasteiger partial charge in [0.25, 0.3) is 0 Å². The van der Waals surface area contributed by atoms with Crippen LogP contribution in [0.15, 0.2) is 120 Å². The molecule has 0 bridgehead atoms. The molecular formula is C28H24N2S. The van der Waals surface area contributed by atoms with Crippen LogP contribution in [0.25, 0.3) is 11.1 Å². The molecule has 1 aliphatic rings. The number of hydrogen-bond acceptors (Lipinski definition) is 3. The summed E-state index contributed by atoms with van der Waals surface area (Å²) in [6.45, 7) is 0. The average Bonchev–Trinajstić information content (AvgIpc) is 3.29. The molecule has 0 fully saturated rings. The van der Waals surface area contributed by atoms with E-state index in [-0.39, 0.29) is 12.1 Å². The highest BCUT2D eigenvalue weighted by molar-refractivity contribution is 8.13. The molecule has 5 rings (SSSR count). The van der Waals surface area contributed by atoms with Gasteiger partial charge >= 0.3 is 0 Å². The second-order valence-electron chi connectivity index (χ2n) is 7.67. The highest BCUT2D eigenvalue weighted by Gasteiger charge is 2.31. The van der Waals surface area contributed by atoms with E-state index >= 15 is 0 Å². The van der Waals surface area contributed by atoms with Crippen molar-refractivity contribution >= 4 is 16.9 Å². The summed E-state index contributed by atoms with van der Waals surface area (Å²) < 4.78 is 0. The molecule has 2 atom stereocenters. The third-order valence-corrected chi connectivity index (χ3v) is 6.56. The van der Waals surface area contributed by atoms with Gasteiger partial charge in [-0.15, -0.1) is 0 Å².